The third kappa shape index (κ3) is 2.91. The van der Waals surface area contributed by atoms with Crippen LogP contribution in [0, 0.1) is 5.92 Å². The molecule has 1 fully saturated rings. The van der Waals surface area contributed by atoms with Crippen molar-refractivity contribution < 1.29 is 4.79 Å². The highest BCUT2D eigenvalue weighted by atomic mass is 16.2. The predicted octanol–water partition coefficient (Wildman–Crippen LogP) is 0.681. The number of carbonyl (C=O) groups is 1. The Morgan fingerprint density at radius 2 is 2.24 bits per heavy atom. The molecule has 0 aromatic carbocycles. The third-order valence-corrected chi connectivity index (χ3v) is 3.08. The molecule has 1 aliphatic carbocycles. The first kappa shape index (κ1) is 11.8. The number of nitrogens with two attached hydrogens (primary N) is 1. The quantitative estimate of drug-likeness (QED) is 0.529. The number of nitrogen functional groups attached to an aromatic ring is 1. The molecule has 1 heterocycles. The molecule has 1 saturated carbocycles. The summed E-state index contributed by atoms with van der Waals surface area (Å²) < 4.78 is 0. The van der Waals surface area contributed by atoms with Gasteiger partial charge in [-0.05, 0) is 37.3 Å². The van der Waals surface area contributed by atoms with Gasteiger partial charge < -0.3 is 10.7 Å². The van der Waals surface area contributed by atoms with E-state index in [1.54, 1.807) is 12.1 Å². The van der Waals surface area contributed by atoms with Gasteiger partial charge in [0.1, 0.15) is 0 Å². The summed E-state index contributed by atoms with van der Waals surface area (Å²) in [6, 6.07) is 3.50. The number of hydrazine groups is 1. The van der Waals surface area contributed by atoms with E-state index in [-0.39, 0.29) is 11.9 Å². The smallest absolute Gasteiger partial charge is 0.272 e. The molecule has 0 bridgehead atoms. The first-order valence-corrected chi connectivity index (χ1v) is 5.80. The second-order valence-corrected chi connectivity index (χ2v) is 4.54. The molecular weight excluding hydrogens is 218 g/mol. The average Bonchev–Trinajstić information content (AvgIpc) is 2.75. The summed E-state index contributed by atoms with van der Waals surface area (Å²) in [4.78, 5) is 11.8. The standard InChI is InChI=1S/C11H17N5O/c1-7-2-3-8(6-7)13-11(17)9-4-5-10(14-12)16-15-9/h4-5,7-8H,2-3,6,12H2,1H3,(H,13,17)(H,14,16). The van der Waals surface area contributed by atoms with Crippen LogP contribution in [0.4, 0.5) is 5.82 Å². The molecule has 92 valence electrons. The van der Waals surface area contributed by atoms with Gasteiger partial charge in [-0.1, -0.05) is 6.92 Å². The van der Waals surface area contributed by atoms with Gasteiger partial charge in [-0.3, -0.25) is 4.79 Å². The summed E-state index contributed by atoms with van der Waals surface area (Å²) in [5.41, 5.74) is 2.69. The lowest BCUT2D eigenvalue weighted by Crippen LogP contribution is -2.33. The van der Waals surface area contributed by atoms with Gasteiger partial charge in [0.2, 0.25) is 0 Å². The normalized spacial score (nSPS) is 23.4. The van der Waals surface area contributed by atoms with E-state index in [1.807, 2.05) is 0 Å². The van der Waals surface area contributed by atoms with Crippen LogP contribution in [-0.4, -0.2) is 22.1 Å². The largest absolute Gasteiger partial charge is 0.348 e. The highest BCUT2D eigenvalue weighted by Gasteiger charge is 2.23. The van der Waals surface area contributed by atoms with Gasteiger partial charge >= 0.3 is 0 Å². The lowest BCUT2D eigenvalue weighted by atomic mass is 10.1. The number of nitrogens with one attached hydrogen (secondary N) is 2. The molecule has 1 aliphatic rings. The highest BCUT2D eigenvalue weighted by Crippen LogP contribution is 2.24. The van der Waals surface area contributed by atoms with E-state index in [0.717, 1.165) is 12.8 Å². The summed E-state index contributed by atoms with van der Waals surface area (Å²) in [5.74, 6) is 6.13. The molecule has 1 aromatic heterocycles. The van der Waals surface area contributed by atoms with Gasteiger partial charge in [0.25, 0.3) is 5.91 Å². The van der Waals surface area contributed by atoms with Crippen LogP contribution in [0.3, 0.4) is 0 Å². The molecule has 0 spiro atoms. The Bertz CT molecular complexity index is 391. The van der Waals surface area contributed by atoms with Crippen molar-refractivity contribution >= 4 is 11.7 Å². The minimum atomic E-state index is -0.167. The van der Waals surface area contributed by atoms with Crippen LogP contribution >= 0.6 is 0 Å². The van der Waals surface area contributed by atoms with Crippen molar-refractivity contribution in [3.8, 4) is 0 Å². The van der Waals surface area contributed by atoms with Gasteiger partial charge in [-0.25, -0.2) is 5.84 Å². The predicted molar refractivity (Wildman–Crippen MR) is 64.1 cm³/mol. The number of carbonyl (C=O) groups excluding carboxylic acids is 1. The molecule has 0 radical (unpaired) electrons. The minimum Gasteiger partial charge on any atom is -0.348 e. The fourth-order valence-electron chi connectivity index (χ4n) is 2.13. The second-order valence-electron chi connectivity index (χ2n) is 4.54. The van der Waals surface area contributed by atoms with E-state index in [1.165, 1.54) is 6.42 Å². The van der Waals surface area contributed by atoms with Crippen molar-refractivity contribution in [2.45, 2.75) is 32.2 Å². The van der Waals surface area contributed by atoms with E-state index in [0.29, 0.717) is 17.4 Å². The molecule has 0 saturated heterocycles. The maximum Gasteiger partial charge on any atom is 0.272 e. The van der Waals surface area contributed by atoms with Crippen LogP contribution in [0.2, 0.25) is 0 Å². The van der Waals surface area contributed by atoms with Crippen molar-refractivity contribution in [1.82, 2.24) is 15.5 Å². The van der Waals surface area contributed by atoms with Crippen molar-refractivity contribution in [2.75, 3.05) is 5.43 Å². The first-order chi connectivity index (χ1) is 8.19. The van der Waals surface area contributed by atoms with E-state index >= 15 is 0 Å². The Balaban J connectivity index is 1.94. The van der Waals surface area contributed by atoms with E-state index in [2.05, 4.69) is 27.9 Å². The zero-order chi connectivity index (χ0) is 12.3. The van der Waals surface area contributed by atoms with Crippen LogP contribution < -0.4 is 16.6 Å². The fourth-order valence-corrected chi connectivity index (χ4v) is 2.13. The van der Waals surface area contributed by atoms with Crippen molar-refractivity contribution in [2.24, 2.45) is 11.8 Å². The highest BCUT2D eigenvalue weighted by molar-refractivity contribution is 5.92. The van der Waals surface area contributed by atoms with Crippen LogP contribution in [0.1, 0.15) is 36.7 Å². The Labute approximate surface area is 100.0 Å². The topological polar surface area (TPSA) is 92.9 Å². The maximum absolute atomic E-state index is 11.8. The van der Waals surface area contributed by atoms with Gasteiger partial charge in [-0.15, -0.1) is 10.2 Å². The van der Waals surface area contributed by atoms with E-state index in [4.69, 9.17) is 5.84 Å². The lowest BCUT2D eigenvalue weighted by molar-refractivity contribution is 0.0931. The lowest BCUT2D eigenvalue weighted by Gasteiger charge is -2.11. The van der Waals surface area contributed by atoms with Crippen LogP contribution in [0.5, 0.6) is 0 Å². The van der Waals surface area contributed by atoms with Crippen LogP contribution in [0.15, 0.2) is 12.1 Å². The van der Waals surface area contributed by atoms with Gasteiger partial charge in [-0.2, -0.15) is 0 Å². The number of nitrogens with zero attached hydrogens (tertiary/aromatic N) is 2. The minimum absolute atomic E-state index is 0.167. The maximum atomic E-state index is 11.8. The molecule has 6 heteroatoms. The number of amides is 1. The zero-order valence-electron chi connectivity index (χ0n) is 9.81. The average molecular weight is 235 g/mol. The molecule has 6 nitrogen and oxygen atoms in total. The number of hydrogen-bond donors (Lipinski definition) is 3. The molecule has 17 heavy (non-hydrogen) atoms. The van der Waals surface area contributed by atoms with Crippen LogP contribution in [0.25, 0.3) is 0 Å². The molecule has 2 unspecified atom stereocenters. The monoisotopic (exact) mass is 235 g/mol. The Hall–Kier alpha value is -1.69. The second kappa shape index (κ2) is 5.09. The SMILES string of the molecule is CC1CCC(NC(=O)c2ccc(NN)nn2)C1. The van der Waals surface area contributed by atoms with Gasteiger partial charge in [0, 0.05) is 6.04 Å². The van der Waals surface area contributed by atoms with Crippen molar-refractivity contribution in [1.29, 1.82) is 0 Å². The Kier molecular flexibility index (Phi) is 3.53. The van der Waals surface area contributed by atoms with Crippen molar-refractivity contribution in [3.63, 3.8) is 0 Å². The number of hydrogen-bond acceptors (Lipinski definition) is 5. The number of aromatic nitrogens is 2. The summed E-state index contributed by atoms with van der Waals surface area (Å²) in [5, 5.41) is 10.5. The molecule has 0 aliphatic heterocycles. The third-order valence-electron chi connectivity index (χ3n) is 3.08. The van der Waals surface area contributed by atoms with E-state index in [9.17, 15) is 4.79 Å². The number of anilines is 1. The van der Waals surface area contributed by atoms with Crippen molar-refractivity contribution in [3.05, 3.63) is 17.8 Å². The molecular formula is C11H17N5O. The van der Waals surface area contributed by atoms with E-state index < -0.39 is 0 Å². The molecule has 4 N–H and O–H groups in total. The summed E-state index contributed by atoms with van der Waals surface area (Å²) in [6.45, 7) is 2.20. The summed E-state index contributed by atoms with van der Waals surface area (Å²) in [7, 11) is 0. The van der Waals surface area contributed by atoms with Crippen LogP contribution in [-0.2, 0) is 0 Å². The molecule has 2 atom stereocenters. The summed E-state index contributed by atoms with van der Waals surface area (Å²) >= 11 is 0. The molecule has 2 rings (SSSR count). The Morgan fingerprint density at radius 1 is 1.41 bits per heavy atom. The number of rotatable bonds is 3. The Morgan fingerprint density at radius 3 is 2.76 bits per heavy atom. The zero-order valence-corrected chi connectivity index (χ0v) is 9.81. The molecule has 1 amide bonds. The first-order valence-electron chi connectivity index (χ1n) is 5.80. The molecule has 1 aromatic rings. The van der Waals surface area contributed by atoms with Gasteiger partial charge in [0.05, 0.1) is 0 Å². The fraction of sp³-hybridized carbons (Fsp3) is 0.545. The van der Waals surface area contributed by atoms with Gasteiger partial charge in [0.15, 0.2) is 11.5 Å². The summed E-state index contributed by atoms with van der Waals surface area (Å²) in [6.07, 6.45) is 3.26.